The third-order valence-corrected chi connectivity index (χ3v) is 4.72. The van der Waals surface area contributed by atoms with E-state index in [-0.39, 0.29) is 5.78 Å². The number of nitrogens with zero attached hydrogens (tertiary/aromatic N) is 1. The molecule has 0 spiro atoms. The molecule has 0 bridgehead atoms. The fourth-order valence-electron chi connectivity index (χ4n) is 1.96. The Morgan fingerprint density at radius 2 is 2.06 bits per heavy atom. The summed E-state index contributed by atoms with van der Waals surface area (Å²) in [7, 11) is 0. The second kappa shape index (κ2) is 5.34. The zero-order chi connectivity index (χ0) is 11.5. The minimum atomic E-state index is 0.286. The Hall–Kier alpha value is -0.320. The van der Waals surface area contributed by atoms with E-state index in [4.69, 9.17) is 0 Å². The molecule has 0 amide bonds. The van der Waals surface area contributed by atoms with Gasteiger partial charge in [-0.05, 0) is 19.9 Å². The number of thioether (sulfide) groups is 1. The first-order valence-corrected chi connectivity index (χ1v) is 7.54. The summed E-state index contributed by atoms with van der Waals surface area (Å²) in [5, 5.41) is 0. The third kappa shape index (κ3) is 2.87. The van der Waals surface area contributed by atoms with Crippen LogP contribution in [0, 0.1) is 13.8 Å². The molecule has 0 saturated carbocycles. The number of carbonyl (C=O) groups excluding carboxylic acids is 1. The second-order valence-corrected chi connectivity index (χ2v) is 6.82. The largest absolute Gasteiger partial charge is 0.294 e. The van der Waals surface area contributed by atoms with Gasteiger partial charge in [0.15, 0.2) is 5.78 Å². The van der Waals surface area contributed by atoms with Crippen LogP contribution in [0.25, 0.3) is 0 Å². The number of Topliss-reactive ketones (excluding diaryl/α,β-unsaturated/α-hetero) is 1. The molecule has 2 nitrogen and oxygen atoms in total. The van der Waals surface area contributed by atoms with Gasteiger partial charge in [-0.15, -0.1) is 11.3 Å². The number of carbonyl (C=O) groups is 1. The SMILES string of the molecule is Cc1cc(C(=O)CN2CCSCC2)c(C)s1. The van der Waals surface area contributed by atoms with Gasteiger partial charge in [-0.25, -0.2) is 0 Å². The van der Waals surface area contributed by atoms with Crippen molar-refractivity contribution in [2.24, 2.45) is 0 Å². The van der Waals surface area contributed by atoms with Crippen LogP contribution in [0.3, 0.4) is 0 Å². The Morgan fingerprint density at radius 3 is 2.62 bits per heavy atom. The summed E-state index contributed by atoms with van der Waals surface area (Å²) in [5.74, 6) is 2.61. The highest BCUT2D eigenvalue weighted by Gasteiger charge is 2.17. The fourth-order valence-corrected chi connectivity index (χ4v) is 3.88. The van der Waals surface area contributed by atoms with E-state index in [0.29, 0.717) is 6.54 Å². The smallest absolute Gasteiger partial charge is 0.177 e. The van der Waals surface area contributed by atoms with Gasteiger partial charge >= 0.3 is 0 Å². The highest BCUT2D eigenvalue weighted by molar-refractivity contribution is 7.99. The summed E-state index contributed by atoms with van der Waals surface area (Å²) < 4.78 is 0. The van der Waals surface area contributed by atoms with Gasteiger partial charge < -0.3 is 0 Å². The van der Waals surface area contributed by atoms with Crippen molar-refractivity contribution < 1.29 is 4.79 Å². The van der Waals surface area contributed by atoms with Crippen molar-refractivity contribution in [1.29, 1.82) is 0 Å². The summed E-state index contributed by atoms with van der Waals surface area (Å²) in [5.41, 5.74) is 0.931. The molecular weight excluding hydrogens is 238 g/mol. The van der Waals surface area contributed by atoms with Crippen LogP contribution in [0.2, 0.25) is 0 Å². The van der Waals surface area contributed by atoms with Gasteiger partial charge in [0.05, 0.1) is 6.54 Å². The van der Waals surface area contributed by atoms with E-state index in [1.54, 1.807) is 11.3 Å². The molecule has 2 rings (SSSR count). The molecular formula is C12H17NOS2. The average Bonchev–Trinajstić information content (AvgIpc) is 2.59. The van der Waals surface area contributed by atoms with Crippen molar-refractivity contribution in [3.8, 4) is 0 Å². The zero-order valence-corrected chi connectivity index (χ0v) is 11.4. The van der Waals surface area contributed by atoms with Gasteiger partial charge in [-0.2, -0.15) is 11.8 Å². The number of ketones is 1. The average molecular weight is 255 g/mol. The first kappa shape index (κ1) is 12.1. The summed E-state index contributed by atoms with van der Waals surface area (Å²) >= 11 is 3.69. The maximum absolute atomic E-state index is 12.1. The predicted octanol–water partition coefficient (Wildman–Crippen LogP) is 2.60. The van der Waals surface area contributed by atoms with Crippen LogP contribution >= 0.6 is 23.1 Å². The standard InChI is InChI=1S/C12H17NOS2/c1-9-7-11(10(2)16-9)12(14)8-13-3-5-15-6-4-13/h7H,3-6,8H2,1-2H3. The molecule has 1 aliphatic heterocycles. The number of hydrogen-bond acceptors (Lipinski definition) is 4. The number of thiophene rings is 1. The minimum absolute atomic E-state index is 0.286. The van der Waals surface area contributed by atoms with E-state index in [2.05, 4.69) is 11.8 Å². The van der Waals surface area contributed by atoms with Gasteiger partial charge in [0.2, 0.25) is 0 Å². The molecule has 1 fully saturated rings. The van der Waals surface area contributed by atoms with Crippen LogP contribution in [0.15, 0.2) is 6.07 Å². The van der Waals surface area contributed by atoms with Gasteiger partial charge in [-0.1, -0.05) is 0 Å². The van der Waals surface area contributed by atoms with Gasteiger partial charge in [-0.3, -0.25) is 9.69 Å². The molecule has 1 aliphatic rings. The Kier molecular flexibility index (Phi) is 4.05. The summed E-state index contributed by atoms with van der Waals surface area (Å²) in [6.07, 6.45) is 0. The molecule has 2 heterocycles. The normalized spacial score (nSPS) is 17.6. The van der Waals surface area contributed by atoms with Crippen molar-refractivity contribution in [1.82, 2.24) is 4.90 Å². The van der Waals surface area contributed by atoms with Crippen LogP contribution in [-0.2, 0) is 0 Å². The lowest BCUT2D eigenvalue weighted by Gasteiger charge is -2.25. The molecule has 0 aromatic carbocycles. The topological polar surface area (TPSA) is 20.3 Å². The summed E-state index contributed by atoms with van der Waals surface area (Å²) in [4.78, 5) is 16.8. The molecule has 0 radical (unpaired) electrons. The van der Waals surface area contributed by atoms with E-state index in [1.165, 1.54) is 4.88 Å². The lowest BCUT2D eigenvalue weighted by Crippen LogP contribution is -2.36. The van der Waals surface area contributed by atoms with E-state index in [9.17, 15) is 4.79 Å². The zero-order valence-electron chi connectivity index (χ0n) is 9.78. The Bertz CT molecular complexity index is 380. The summed E-state index contributed by atoms with van der Waals surface area (Å²) in [6, 6.07) is 2.03. The van der Waals surface area contributed by atoms with E-state index in [0.717, 1.165) is 35.0 Å². The van der Waals surface area contributed by atoms with E-state index < -0.39 is 0 Å². The monoisotopic (exact) mass is 255 g/mol. The second-order valence-electron chi connectivity index (χ2n) is 4.14. The van der Waals surface area contributed by atoms with Crippen molar-refractivity contribution in [2.45, 2.75) is 13.8 Å². The van der Waals surface area contributed by atoms with E-state index in [1.807, 2.05) is 24.8 Å². The first-order valence-electron chi connectivity index (χ1n) is 5.57. The molecule has 1 saturated heterocycles. The fraction of sp³-hybridized carbons (Fsp3) is 0.583. The molecule has 88 valence electrons. The number of hydrogen-bond donors (Lipinski definition) is 0. The third-order valence-electron chi connectivity index (χ3n) is 2.81. The highest BCUT2D eigenvalue weighted by atomic mass is 32.2. The van der Waals surface area contributed by atoms with Gasteiger partial charge in [0.1, 0.15) is 0 Å². The lowest BCUT2D eigenvalue weighted by atomic mass is 10.1. The van der Waals surface area contributed by atoms with Gasteiger partial charge in [0.25, 0.3) is 0 Å². The molecule has 16 heavy (non-hydrogen) atoms. The Balaban J connectivity index is 1.99. The Morgan fingerprint density at radius 1 is 1.38 bits per heavy atom. The number of rotatable bonds is 3. The predicted molar refractivity (Wildman–Crippen MR) is 71.9 cm³/mol. The molecule has 0 aliphatic carbocycles. The molecule has 0 N–H and O–H groups in total. The molecule has 1 aromatic rings. The molecule has 4 heteroatoms. The number of aryl methyl sites for hydroxylation is 2. The van der Waals surface area contributed by atoms with Crippen LogP contribution in [-0.4, -0.2) is 41.8 Å². The summed E-state index contributed by atoms with van der Waals surface area (Å²) in [6.45, 7) is 6.80. The molecule has 1 aromatic heterocycles. The Labute approximate surface area is 105 Å². The molecule has 0 atom stereocenters. The first-order chi connectivity index (χ1) is 7.66. The van der Waals surface area contributed by atoms with Crippen molar-refractivity contribution in [2.75, 3.05) is 31.1 Å². The van der Waals surface area contributed by atoms with E-state index >= 15 is 0 Å². The lowest BCUT2D eigenvalue weighted by molar-refractivity contribution is 0.0937. The van der Waals surface area contributed by atoms with Crippen LogP contribution < -0.4 is 0 Å². The maximum Gasteiger partial charge on any atom is 0.177 e. The maximum atomic E-state index is 12.1. The van der Waals surface area contributed by atoms with Crippen molar-refractivity contribution in [3.05, 3.63) is 21.4 Å². The van der Waals surface area contributed by atoms with Crippen LogP contribution in [0.5, 0.6) is 0 Å². The van der Waals surface area contributed by atoms with Crippen molar-refractivity contribution in [3.63, 3.8) is 0 Å². The quantitative estimate of drug-likeness (QED) is 0.774. The van der Waals surface area contributed by atoms with Crippen LogP contribution in [0.1, 0.15) is 20.1 Å². The van der Waals surface area contributed by atoms with Crippen molar-refractivity contribution >= 4 is 28.9 Å². The minimum Gasteiger partial charge on any atom is -0.294 e. The molecule has 0 unspecified atom stereocenters. The van der Waals surface area contributed by atoms with Crippen LogP contribution in [0.4, 0.5) is 0 Å². The highest BCUT2D eigenvalue weighted by Crippen LogP contribution is 2.21. The van der Waals surface area contributed by atoms with Gasteiger partial charge in [0, 0.05) is 39.9 Å².